The van der Waals surface area contributed by atoms with E-state index in [-0.39, 0.29) is 6.42 Å². The van der Waals surface area contributed by atoms with Crippen LogP contribution in [0, 0.1) is 17.3 Å². The Hall–Kier alpha value is -1.54. The zero-order valence-electron chi connectivity index (χ0n) is 22.8. The predicted octanol–water partition coefficient (Wildman–Crippen LogP) is 6.13. The molecule has 0 amide bonds. The molecule has 0 aromatic rings. The predicted molar refractivity (Wildman–Crippen MR) is 120 cm³/mol. The molecule has 0 bridgehead atoms. The molecule has 3 atom stereocenters. The van der Waals surface area contributed by atoms with E-state index in [4.69, 9.17) is 9.29 Å². The molecule has 7 nitrogen and oxygen atoms in total. The van der Waals surface area contributed by atoms with E-state index in [2.05, 4.69) is 0 Å². The van der Waals surface area contributed by atoms with Crippen molar-refractivity contribution in [2.24, 2.45) is 17.3 Å². The van der Waals surface area contributed by atoms with Crippen molar-refractivity contribution in [3.05, 3.63) is 0 Å². The van der Waals surface area contributed by atoms with Gasteiger partial charge in [0.05, 0.1) is 10.7 Å². The van der Waals surface area contributed by atoms with Gasteiger partial charge in [0.1, 0.15) is 6.10 Å². The zero-order chi connectivity index (χ0) is 34.1. The Morgan fingerprint density at radius 2 is 1.07 bits per heavy atom. The fourth-order valence-corrected chi connectivity index (χ4v) is 4.38. The molecule has 3 N–H and O–H groups in total. The van der Waals surface area contributed by atoms with E-state index in [1.54, 1.807) is 6.92 Å². The summed E-state index contributed by atoms with van der Waals surface area (Å²) in [6.45, 7) is 6.99. The smallest absolute Gasteiger partial charge is 0.426 e. The van der Waals surface area contributed by atoms with Gasteiger partial charge in [-0.05, 0) is 52.9 Å². The van der Waals surface area contributed by atoms with Crippen LogP contribution in [-0.4, -0.2) is 76.4 Å². The molecular weight excluding hydrogens is 636 g/mol. The van der Waals surface area contributed by atoms with Gasteiger partial charge in [0, 0.05) is 11.8 Å². The van der Waals surface area contributed by atoms with Gasteiger partial charge in [-0.25, -0.2) is 0 Å². The lowest BCUT2D eigenvalue weighted by Crippen LogP contribution is -2.67. The number of alkyl halides is 12. The monoisotopic (exact) mass is 668 g/mol. The molecule has 0 radical (unpaired) electrons. The molecule has 0 saturated heterocycles. The van der Waals surface area contributed by atoms with Crippen molar-refractivity contribution in [1.29, 1.82) is 0 Å². The first kappa shape index (κ1) is 40.5. The Labute approximate surface area is 233 Å². The summed E-state index contributed by atoms with van der Waals surface area (Å²) >= 11 is 0. The summed E-state index contributed by atoms with van der Waals surface area (Å²) in [5, 5.41) is 18.6. The van der Waals surface area contributed by atoms with Crippen LogP contribution in [0.5, 0.6) is 0 Å². The summed E-state index contributed by atoms with van der Waals surface area (Å²) in [5.74, 6) is -8.06. The first-order chi connectivity index (χ1) is 18.3. The number of rotatable bonds is 7. The van der Waals surface area contributed by atoms with Crippen molar-refractivity contribution in [1.82, 2.24) is 0 Å². The molecular formula is C22H32F12O7S. The van der Waals surface area contributed by atoms with Crippen LogP contribution in [0.3, 0.4) is 0 Å². The van der Waals surface area contributed by atoms with Crippen LogP contribution in [0.25, 0.3) is 0 Å². The molecule has 20 heteroatoms. The third-order valence-corrected chi connectivity index (χ3v) is 8.72. The quantitative estimate of drug-likeness (QED) is 0.170. The second-order valence-electron chi connectivity index (χ2n) is 10.6. The average molecular weight is 669 g/mol. The van der Waals surface area contributed by atoms with Crippen LogP contribution < -0.4 is 0 Å². The van der Waals surface area contributed by atoms with Gasteiger partial charge >= 0.3 is 30.7 Å². The molecule has 1 aliphatic carbocycles. The minimum atomic E-state index is -6.58. The van der Waals surface area contributed by atoms with E-state index in [0.717, 1.165) is 0 Å². The van der Waals surface area contributed by atoms with Crippen LogP contribution in [0.2, 0.25) is 0 Å². The van der Waals surface area contributed by atoms with E-state index in [9.17, 15) is 76.1 Å². The highest BCUT2D eigenvalue weighted by Crippen LogP contribution is 2.58. The number of carbonyl (C=O) groups excluding carboxylic acids is 1. The summed E-state index contributed by atoms with van der Waals surface area (Å²) in [6.07, 6.45) is -33.5. The number of carbonyl (C=O) groups is 1. The Balaban J connectivity index is 0.00000183. The Bertz CT molecular complexity index is 943. The second kappa shape index (κ2) is 12.8. The first-order valence-electron chi connectivity index (χ1n) is 12.1. The molecule has 1 fully saturated rings. The van der Waals surface area contributed by atoms with Gasteiger partial charge in [-0.2, -0.15) is 61.1 Å². The number of esters is 1. The summed E-state index contributed by atoms with van der Waals surface area (Å²) in [4.78, 5) is 12.2. The Kier molecular flexibility index (Phi) is 12.4. The van der Waals surface area contributed by atoms with E-state index in [1.807, 2.05) is 0 Å². The third kappa shape index (κ3) is 8.55. The van der Waals surface area contributed by atoms with Gasteiger partial charge in [0.2, 0.25) is 0 Å². The summed E-state index contributed by atoms with van der Waals surface area (Å²) in [5.41, 5.74) is -12.9. The van der Waals surface area contributed by atoms with Gasteiger partial charge in [-0.1, -0.05) is 13.8 Å². The fourth-order valence-electron chi connectivity index (χ4n) is 3.96. The molecule has 0 spiro atoms. The molecule has 0 aromatic carbocycles. The van der Waals surface area contributed by atoms with Crippen LogP contribution in [0.1, 0.15) is 66.7 Å². The standard InChI is InChI=1S/C18H22F12O4.C4H10O3S/c1-4-12(2,3)11(31)34-10-6-8(13(32,15(19,20)21)16(22,23)24)5-9(7-10)14(33,17(25,26)27)18(28,29)30;1-3-4(2)8(5,6)7/h8-10,32-33H,4-7H2,1-3H3;4H,3H2,1-2H3,(H,5,6,7). The molecule has 1 saturated carbocycles. The van der Waals surface area contributed by atoms with E-state index >= 15 is 0 Å². The lowest BCUT2D eigenvalue weighted by Gasteiger charge is -2.48. The average Bonchev–Trinajstić information content (AvgIpc) is 2.78. The van der Waals surface area contributed by atoms with E-state index < -0.39 is 99.9 Å². The highest BCUT2D eigenvalue weighted by Gasteiger charge is 2.78. The molecule has 0 aromatic heterocycles. The minimum Gasteiger partial charge on any atom is -0.462 e. The molecule has 3 unspecified atom stereocenters. The lowest BCUT2D eigenvalue weighted by molar-refractivity contribution is -0.405. The maximum Gasteiger partial charge on any atom is 0.426 e. The van der Waals surface area contributed by atoms with Gasteiger partial charge in [-0.3, -0.25) is 9.35 Å². The lowest BCUT2D eigenvalue weighted by atomic mass is 9.65. The topological polar surface area (TPSA) is 121 Å². The normalized spacial score (nSPS) is 22.6. The van der Waals surface area contributed by atoms with Gasteiger partial charge in [0.25, 0.3) is 21.3 Å². The van der Waals surface area contributed by atoms with Crippen LogP contribution in [0.4, 0.5) is 52.7 Å². The van der Waals surface area contributed by atoms with Crippen molar-refractivity contribution < 1.29 is 85.4 Å². The largest absolute Gasteiger partial charge is 0.462 e. The van der Waals surface area contributed by atoms with E-state index in [1.165, 1.54) is 27.7 Å². The summed E-state index contributed by atoms with van der Waals surface area (Å²) in [6, 6.07) is 0. The van der Waals surface area contributed by atoms with Crippen molar-refractivity contribution >= 4 is 16.1 Å². The fraction of sp³-hybridized carbons (Fsp3) is 0.955. The van der Waals surface area contributed by atoms with Crippen LogP contribution >= 0.6 is 0 Å². The molecule has 252 valence electrons. The minimum absolute atomic E-state index is 0.0184. The third-order valence-electron chi connectivity index (χ3n) is 7.37. The number of hydrogen-bond acceptors (Lipinski definition) is 6. The first-order valence-corrected chi connectivity index (χ1v) is 13.6. The van der Waals surface area contributed by atoms with Gasteiger partial charge < -0.3 is 14.9 Å². The van der Waals surface area contributed by atoms with Gasteiger partial charge in [0.15, 0.2) is 0 Å². The molecule has 0 heterocycles. The number of ether oxygens (including phenoxy) is 1. The zero-order valence-corrected chi connectivity index (χ0v) is 23.6. The van der Waals surface area contributed by atoms with Crippen molar-refractivity contribution in [3.8, 4) is 0 Å². The SMILES string of the molecule is CCC(C)(C)C(=O)OC1CC(C(O)(C(F)(F)F)C(F)(F)F)CC(C(O)(C(F)(F)F)C(F)(F)F)C1.CCC(C)S(=O)(=O)O. The number of hydrogen-bond donors (Lipinski definition) is 3. The summed E-state index contributed by atoms with van der Waals surface area (Å²) < 4.78 is 193. The molecule has 1 rings (SSSR count). The second-order valence-corrected chi connectivity index (χ2v) is 12.5. The van der Waals surface area contributed by atoms with Crippen molar-refractivity contribution in [2.75, 3.05) is 0 Å². The summed E-state index contributed by atoms with van der Waals surface area (Å²) in [7, 11) is -3.75. The Morgan fingerprint density at radius 3 is 1.26 bits per heavy atom. The maximum atomic E-state index is 13.3. The van der Waals surface area contributed by atoms with Crippen LogP contribution in [0.15, 0.2) is 0 Å². The maximum absolute atomic E-state index is 13.3. The van der Waals surface area contributed by atoms with Gasteiger partial charge in [-0.15, -0.1) is 0 Å². The van der Waals surface area contributed by atoms with Crippen molar-refractivity contribution in [2.45, 2.75) is 114 Å². The number of aliphatic hydroxyl groups is 2. The highest BCUT2D eigenvalue weighted by molar-refractivity contribution is 7.86. The highest BCUT2D eigenvalue weighted by atomic mass is 32.2. The van der Waals surface area contributed by atoms with E-state index in [0.29, 0.717) is 6.42 Å². The molecule has 1 aliphatic rings. The number of halogens is 12. The Morgan fingerprint density at radius 1 is 0.762 bits per heavy atom. The van der Waals surface area contributed by atoms with Crippen LogP contribution in [-0.2, 0) is 19.6 Å². The van der Waals surface area contributed by atoms with Crippen molar-refractivity contribution in [3.63, 3.8) is 0 Å². The molecule has 42 heavy (non-hydrogen) atoms. The molecule has 0 aliphatic heterocycles.